The van der Waals surface area contributed by atoms with Gasteiger partial charge in [0.1, 0.15) is 13.2 Å². The molecule has 3 unspecified atom stereocenters. The molecular formula is C54H109N2O6P. The highest BCUT2D eigenvalue weighted by atomic mass is 31.2. The Morgan fingerprint density at radius 1 is 0.540 bits per heavy atom. The molecule has 3 atom stereocenters. The van der Waals surface area contributed by atoms with Gasteiger partial charge in [-0.05, 0) is 38.5 Å². The third-order valence-electron chi connectivity index (χ3n) is 12.8. The van der Waals surface area contributed by atoms with E-state index in [9.17, 15) is 19.4 Å². The fraction of sp³-hybridized carbons (Fsp3) is 0.944. The number of carbonyl (C=O) groups excluding carboxylic acids is 1. The number of hydrogen-bond acceptors (Lipinski definition) is 6. The van der Waals surface area contributed by atoms with Crippen LogP contribution < -0.4 is 10.2 Å². The second kappa shape index (κ2) is 46.4. The number of likely N-dealkylation sites (N-methyl/N-ethyl adjacent to an activating group) is 1. The van der Waals surface area contributed by atoms with Gasteiger partial charge < -0.3 is 28.8 Å². The number of hydrogen-bond donors (Lipinski definition) is 2. The molecular weight excluding hydrogens is 804 g/mol. The molecule has 1 amide bonds. The number of aliphatic hydroxyl groups excluding tert-OH is 1. The summed E-state index contributed by atoms with van der Waals surface area (Å²) in [4.78, 5) is 25.5. The lowest BCUT2D eigenvalue weighted by molar-refractivity contribution is -0.870. The molecule has 9 heteroatoms. The molecule has 0 aromatic heterocycles. The van der Waals surface area contributed by atoms with Crippen LogP contribution in [-0.2, 0) is 18.4 Å². The number of unbranched alkanes of at least 4 members (excludes halogenated alkanes) is 36. The lowest BCUT2D eigenvalue weighted by Gasteiger charge is -2.30. The third kappa shape index (κ3) is 49.0. The number of phosphoric acid groups is 1. The minimum Gasteiger partial charge on any atom is -0.756 e. The zero-order valence-electron chi connectivity index (χ0n) is 42.8. The number of amides is 1. The molecule has 0 aliphatic carbocycles. The molecule has 0 fully saturated rings. The van der Waals surface area contributed by atoms with E-state index in [0.717, 1.165) is 38.5 Å². The van der Waals surface area contributed by atoms with E-state index in [2.05, 4.69) is 31.3 Å². The molecule has 0 aromatic rings. The first-order valence-electron chi connectivity index (χ1n) is 27.5. The molecule has 2 N–H and O–H groups in total. The molecule has 63 heavy (non-hydrogen) atoms. The van der Waals surface area contributed by atoms with Crippen LogP contribution in [0.5, 0.6) is 0 Å². The molecule has 0 spiro atoms. The van der Waals surface area contributed by atoms with Gasteiger partial charge in [0.15, 0.2) is 0 Å². The number of carbonyl (C=O) groups is 1. The van der Waals surface area contributed by atoms with Crippen molar-refractivity contribution in [3.8, 4) is 0 Å². The summed E-state index contributed by atoms with van der Waals surface area (Å²) in [7, 11) is 1.32. The van der Waals surface area contributed by atoms with Gasteiger partial charge >= 0.3 is 0 Å². The van der Waals surface area contributed by atoms with E-state index in [0.29, 0.717) is 23.9 Å². The lowest BCUT2D eigenvalue weighted by Crippen LogP contribution is -2.46. The fourth-order valence-electron chi connectivity index (χ4n) is 8.39. The molecule has 0 aliphatic rings. The van der Waals surface area contributed by atoms with Gasteiger partial charge in [0.05, 0.1) is 39.9 Å². The van der Waals surface area contributed by atoms with E-state index in [4.69, 9.17) is 9.05 Å². The highest BCUT2D eigenvalue weighted by Gasteiger charge is 2.24. The van der Waals surface area contributed by atoms with E-state index >= 15 is 0 Å². The van der Waals surface area contributed by atoms with Crippen LogP contribution in [0.4, 0.5) is 0 Å². The van der Waals surface area contributed by atoms with Crippen LogP contribution in [0.15, 0.2) is 12.2 Å². The Morgan fingerprint density at radius 2 is 0.873 bits per heavy atom. The molecule has 0 aromatic carbocycles. The summed E-state index contributed by atoms with van der Waals surface area (Å²) in [5.41, 5.74) is 0. The molecule has 0 heterocycles. The van der Waals surface area contributed by atoms with Crippen LogP contribution in [-0.4, -0.2) is 68.5 Å². The van der Waals surface area contributed by atoms with Gasteiger partial charge in [0, 0.05) is 6.42 Å². The third-order valence-corrected chi connectivity index (χ3v) is 13.7. The second-order valence-corrected chi connectivity index (χ2v) is 21.7. The quantitative estimate of drug-likeness (QED) is 0.0272. The van der Waals surface area contributed by atoms with Gasteiger partial charge in [-0.15, -0.1) is 0 Å². The van der Waals surface area contributed by atoms with E-state index in [1.54, 1.807) is 0 Å². The van der Waals surface area contributed by atoms with Gasteiger partial charge in [-0.3, -0.25) is 9.36 Å². The molecule has 0 radical (unpaired) electrons. The number of rotatable bonds is 51. The van der Waals surface area contributed by atoms with Crippen LogP contribution in [0.25, 0.3) is 0 Å². The first-order valence-corrected chi connectivity index (χ1v) is 29.0. The maximum Gasteiger partial charge on any atom is 0.268 e. The van der Waals surface area contributed by atoms with Crippen molar-refractivity contribution in [3.05, 3.63) is 12.2 Å². The summed E-state index contributed by atoms with van der Waals surface area (Å²) in [5.74, 6) is -0.162. The largest absolute Gasteiger partial charge is 0.756 e. The minimum absolute atomic E-state index is 0.0142. The van der Waals surface area contributed by atoms with Crippen molar-refractivity contribution in [1.29, 1.82) is 0 Å². The van der Waals surface area contributed by atoms with Crippen molar-refractivity contribution in [2.75, 3.05) is 40.9 Å². The molecule has 0 saturated heterocycles. The van der Waals surface area contributed by atoms with Crippen molar-refractivity contribution in [3.63, 3.8) is 0 Å². The lowest BCUT2D eigenvalue weighted by atomic mass is 10.0. The summed E-state index contributed by atoms with van der Waals surface area (Å²) in [6.45, 7) is 4.76. The Kier molecular flexibility index (Phi) is 45.8. The van der Waals surface area contributed by atoms with Crippen LogP contribution in [0.1, 0.15) is 277 Å². The highest BCUT2D eigenvalue weighted by Crippen LogP contribution is 2.38. The number of phosphoric ester groups is 1. The maximum absolute atomic E-state index is 13.0. The predicted octanol–water partition coefficient (Wildman–Crippen LogP) is 15.6. The molecule has 0 bridgehead atoms. The average Bonchev–Trinajstić information content (AvgIpc) is 3.24. The smallest absolute Gasteiger partial charge is 0.268 e. The van der Waals surface area contributed by atoms with Crippen LogP contribution in [0.3, 0.4) is 0 Å². The van der Waals surface area contributed by atoms with E-state index in [-0.39, 0.29) is 19.1 Å². The Bertz CT molecular complexity index is 1040. The topological polar surface area (TPSA) is 108 Å². The van der Waals surface area contributed by atoms with Gasteiger partial charge in [-0.2, -0.15) is 0 Å². The van der Waals surface area contributed by atoms with Crippen LogP contribution in [0.2, 0.25) is 0 Å². The van der Waals surface area contributed by atoms with Gasteiger partial charge in [0.25, 0.3) is 7.82 Å². The Hall–Kier alpha value is -0.760. The van der Waals surface area contributed by atoms with E-state index in [1.165, 1.54) is 212 Å². The minimum atomic E-state index is -4.57. The Labute approximate surface area is 392 Å². The Balaban J connectivity index is 4.19. The molecule has 0 aliphatic heterocycles. The predicted molar refractivity (Wildman–Crippen MR) is 270 cm³/mol. The first kappa shape index (κ1) is 62.2. The van der Waals surface area contributed by atoms with Crippen molar-refractivity contribution in [2.24, 2.45) is 0 Å². The molecule has 0 rings (SSSR count). The number of quaternary nitrogens is 1. The van der Waals surface area contributed by atoms with Gasteiger partial charge in [-0.1, -0.05) is 244 Å². The van der Waals surface area contributed by atoms with Crippen molar-refractivity contribution < 1.29 is 32.9 Å². The zero-order chi connectivity index (χ0) is 46.4. The highest BCUT2D eigenvalue weighted by molar-refractivity contribution is 7.45. The number of nitrogens with one attached hydrogen (secondary N) is 1. The van der Waals surface area contributed by atoms with Crippen LogP contribution >= 0.6 is 7.82 Å². The summed E-state index contributed by atoms with van der Waals surface area (Å²) in [5, 5.41) is 14.0. The fourth-order valence-corrected chi connectivity index (χ4v) is 9.11. The maximum atomic E-state index is 13.0. The van der Waals surface area contributed by atoms with E-state index in [1.807, 2.05) is 21.1 Å². The van der Waals surface area contributed by atoms with Crippen molar-refractivity contribution in [2.45, 2.75) is 289 Å². The van der Waals surface area contributed by atoms with Gasteiger partial charge in [-0.25, -0.2) is 0 Å². The average molecular weight is 913 g/mol. The second-order valence-electron chi connectivity index (χ2n) is 20.3. The van der Waals surface area contributed by atoms with Crippen LogP contribution in [0, 0.1) is 0 Å². The zero-order valence-corrected chi connectivity index (χ0v) is 43.7. The summed E-state index contributed by atoms with van der Waals surface area (Å²) in [6, 6.07) is -0.799. The summed E-state index contributed by atoms with van der Waals surface area (Å²) >= 11 is 0. The van der Waals surface area contributed by atoms with E-state index < -0.39 is 20.0 Å². The number of nitrogens with zero attached hydrogens (tertiary/aromatic N) is 1. The van der Waals surface area contributed by atoms with Gasteiger partial charge in [0.2, 0.25) is 5.91 Å². The number of allylic oxidation sites excluding steroid dienone is 2. The molecule has 8 nitrogen and oxygen atoms in total. The standard InChI is InChI=1S/C54H109N2O6P/c1-6-8-10-12-14-16-18-20-22-24-26-28-30-32-34-36-38-40-42-44-46-48-54(58)55-52(51-62-63(59,60)61-50-49-56(3,4)5)53(57)47-45-43-41-39-37-35-33-31-29-27-25-23-21-19-17-15-13-11-9-7-2/h24,26,52-53,57H,6-23,25,27-51H2,1-5H3,(H-,55,58,59,60)/b26-24-. The first-order chi connectivity index (χ1) is 30.5. The Morgan fingerprint density at radius 3 is 1.24 bits per heavy atom. The van der Waals surface area contributed by atoms with Crippen molar-refractivity contribution >= 4 is 13.7 Å². The van der Waals surface area contributed by atoms with Crippen molar-refractivity contribution in [1.82, 2.24) is 5.32 Å². The summed E-state index contributed by atoms with van der Waals surface area (Å²) in [6.07, 6.45) is 55.1. The molecule has 0 saturated carbocycles. The molecule has 376 valence electrons. The number of aliphatic hydroxyl groups is 1. The normalized spacial score (nSPS) is 14.1. The summed E-state index contributed by atoms with van der Waals surface area (Å²) < 4.78 is 23.4. The monoisotopic (exact) mass is 913 g/mol. The SMILES string of the molecule is CCCCCCCCCC/C=C\CCCCCCCCCCCC(=O)NC(COP(=O)([O-])OCC[N+](C)(C)C)C(O)CCCCCCCCCCCCCCCCCCCCCC.